The number of benzene rings is 3. The number of sulfonamides is 1. The van der Waals surface area contributed by atoms with E-state index in [4.69, 9.17) is 14.2 Å². The number of aryl methyl sites for hydroxylation is 1. The Morgan fingerprint density at radius 3 is 2.17 bits per heavy atom. The van der Waals surface area contributed by atoms with Crippen LogP contribution in [0.4, 0.5) is 5.69 Å². The number of rotatable bonds is 11. The first-order valence-corrected chi connectivity index (χ1v) is 12.9. The van der Waals surface area contributed by atoms with Gasteiger partial charge in [-0.2, -0.15) is 0 Å². The smallest absolute Gasteiger partial charge is 0.264 e. The van der Waals surface area contributed by atoms with Gasteiger partial charge in [-0.3, -0.25) is 9.10 Å². The van der Waals surface area contributed by atoms with Crippen LogP contribution >= 0.6 is 0 Å². The average Bonchev–Trinajstić information content (AvgIpc) is 2.90. The van der Waals surface area contributed by atoms with E-state index in [-0.39, 0.29) is 16.6 Å². The number of nitrogens with zero attached hydrogens (tertiary/aromatic N) is 1. The largest absolute Gasteiger partial charge is 0.497 e. The molecule has 8 nitrogen and oxygen atoms in total. The first-order chi connectivity index (χ1) is 17.2. The van der Waals surface area contributed by atoms with Gasteiger partial charge in [0, 0.05) is 0 Å². The van der Waals surface area contributed by atoms with Gasteiger partial charge in [0.05, 0.1) is 38.0 Å². The summed E-state index contributed by atoms with van der Waals surface area (Å²) in [5.74, 6) is 1.17. The molecule has 0 saturated carbocycles. The molecule has 3 aromatic rings. The van der Waals surface area contributed by atoms with Crippen molar-refractivity contribution in [2.45, 2.75) is 31.2 Å². The normalized spacial score (nSPS) is 11.9. The van der Waals surface area contributed by atoms with Gasteiger partial charge in [-0.15, -0.1) is 0 Å². The molecule has 3 aromatic carbocycles. The quantitative estimate of drug-likeness (QED) is 0.407. The van der Waals surface area contributed by atoms with Crippen LogP contribution in [-0.4, -0.2) is 42.2 Å². The molecule has 9 heteroatoms. The predicted octanol–water partition coefficient (Wildman–Crippen LogP) is 4.48. The van der Waals surface area contributed by atoms with Crippen LogP contribution in [0.2, 0.25) is 0 Å². The van der Waals surface area contributed by atoms with E-state index >= 15 is 0 Å². The number of amides is 1. The van der Waals surface area contributed by atoms with Crippen molar-refractivity contribution in [1.82, 2.24) is 5.32 Å². The van der Waals surface area contributed by atoms with Gasteiger partial charge in [0.1, 0.15) is 23.8 Å². The highest BCUT2D eigenvalue weighted by atomic mass is 32.2. The Morgan fingerprint density at radius 1 is 0.917 bits per heavy atom. The van der Waals surface area contributed by atoms with E-state index in [9.17, 15) is 13.2 Å². The van der Waals surface area contributed by atoms with Crippen molar-refractivity contribution in [3.05, 3.63) is 77.9 Å². The summed E-state index contributed by atoms with van der Waals surface area (Å²) in [5.41, 5.74) is 2.12. The SMILES string of the molecule is CCC(NC(=O)CN(c1ccccc1OC)S(=O)(=O)c1ccc(OC)cc1)c1ccc(OC)c(C)c1. The van der Waals surface area contributed by atoms with Crippen LogP contribution in [0, 0.1) is 6.92 Å². The van der Waals surface area contributed by atoms with Crippen LogP contribution in [0.25, 0.3) is 0 Å². The van der Waals surface area contributed by atoms with Crippen molar-refractivity contribution in [2.24, 2.45) is 0 Å². The molecule has 0 heterocycles. The van der Waals surface area contributed by atoms with Crippen LogP contribution in [-0.2, 0) is 14.8 Å². The molecule has 0 fully saturated rings. The highest BCUT2D eigenvalue weighted by Gasteiger charge is 2.30. The molecule has 0 radical (unpaired) electrons. The number of para-hydroxylation sites is 2. The summed E-state index contributed by atoms with van der Waals surface area (Å²) < 4.78 is 44.4. The molecule has 1 N–H and O–H groups in total. The molecule has 0 spiro atoms. The maximum absolute atomic E-state index is 13.7. The fourth-order valence-electron chi connectivity index (χ4n) is 3.92. The molecular weight excluding hydrogens is 480 g/mol. The molecule has 192 valence electrons. The van der Waals surface area contributed by atoms with E-state index in [0.717, 1.165) is 21.2 Å². The van der Waals surface area contributed by atoms with E-state index in [2.05, 4.69) is 5.32 Å². The van der Waals surface area contributed by atoms with Crippen LogP contribution in [0.3, 0.4) is 0 Å². The lowest BCUT2D eigenvalue weighted by Crippen LogP contribution is -2.42. The lowest BCUT2D eigenvalue weighted by molar-refractivity contribution is -0.120. The standard InChI is InChI=1S/C27H32N2O6S/c1-6-23(20-11-16-25(34-4)19(2)17-20)28-27(30)18-29(24-9-7-8-10-26(24)35-5)36(31,32)22-14-12-21(33-3)13-15-22/h7-17,23H,6,18H2,1-5H3,(H,28,30). The second-order valence-corrected chi connectivity index (χ2v) is 9.98. The molecule has 0 bridgehead atoms. The van der Waals surface area contributed by atoms with Gasteiger partial charge in [0.15, 0.2) is 0 Å². The van der Waals surface area contributed by atoms with E-state index in [0.29, 0.717) is 17.9 Å². The Balaban J connectivity index is 1.94. The molecule has 1 unspecified atom stereocenters. The van der Waals surface area contributed by atoms with Crippen molar-refractivity contribution in [1.29, 1.82) is 0 Å². The van der Waals surface area contributed by atoms with Gasteiger partial charge >= 0.3 is 0 Å². The second kappa shape index (κ2) is 11.8. The van der Waals surface area contributed by atoms with Crippen LogP contribution in [0.5, 0.6) is 17.2 Å². The Bertz CT molecular complexity index is 1290. The highest BCUT2D eigenvalue weighted by Crippen LogP contribution is 2.33. The van der Waals surface area contributed by atoms with Crippen molar-refractivity contribution in [2.75, 3.05) is 32.2 Å². The lowest BCUT2D eigenvalue weighted by atomic mass is 10.0. The number of nitrogens with one attached hydrogen (secondary N) is 1. The van der Waals surface area contributed by atoms with Gasteiger partial charge in [0.2, 0.25) is 5.91 Å². The second-order valence-electron chi connectivity index (χ2n) is 8.12. The molecular formula is C27H32N2O6S. The van der Waals surface area contributed by atoms with Crippen LogP contribution in [0.15, 0.2) is 71.6 Å². The monoisotopic (exact) mass is 512 g/mol. The Kier molecular flexibility index (Phi) is 8.82. The number of carbonyl (C=O) groups excluding carboxylic acids is 1. The van der Waals surface area contributed by atoms with Gasteiger partial charge < -0.3 is 19.5 Å². The molecule has 3 rings (SSSR count). The fourth-order valence-corrected chi connectivity index (χ4v) is 5.35. The van der Waals surface area contributed by atoms with Gasteiger partial charge in [-0.05, 0) is 66.9 Å². The Morgan fingerprint density at radius 2 is 1.58 bits per heavy atom. The fraction of sp³-hybridized carbons (Fsp3) is 0.296. The number of ether oxygens (including phenoxy) is 3. The van der Waals surface area contributed by atoms with Crippen molar-refractivity contribution in [3.63, 3.8) is 0 Å². The van der Waals surface area contributed by atoms with Gasteiger partial charge in [-0.1, -0.05) is 31.2 Å². The molecule has 1 atom stereocenters. The number of hydrogen-bond donors (Lipinski definition) is 1. The van der Waals surface area contributed by atoms with Gasteiger partial charge in [-0.25, -0.2) is 8.42 Å². The first kappa shape index (κ1) is 26.9. The topological polar surface area (TPSA) is 94.2 Å². The van der Waals surface area contributed by atoms with Crippen LogP contribution in [0.1, 0.15) is 30.5 Å². The molecule has 0 aromatic heterocycles. The van der Waals surface area contributed by atoms with Gasteiger partial charge in [0.25, 0.3) is 10.0 Å². The van der Waals surface area contributed by atoms with Crippen molar-refractivity contribution >= 4 is 21.6 Å². The minimum absolute atomic E-state index is 0.0276. The average molecular weight is 513 g/mol. The number of methoxy groups -OCH3 is 3. The Hall–Kier alpha value is -3.72. The summed E-state index contributed by atoms with van der Waals surface area (Å²) in [6, 6.07) is 18.1. The zero-order valence-corrected chi connectivity index (χ0v) is 22.0. The number of carbonyl (C=O) groups is 1. The highest BCUT2D eigenvalue weighted by molar-refractivity contribution is 7.92. The first-order valence-electron chi connectivity index (χ1n) is 11.5. The minimum atomic E-state index is -4.11. The van der Waals surface area contributed by atoms with E-state index in [1.54, 1.807) is 43.5 Å². The zero-order valence-electron chi connectivity index (χ0n) is 21.1. The third-order valence-corrected chi connectivity index (χ3v) is 7.63. The molecule has 0 aliphatic carbocycles. The van der Waals surface area contributed by atoms with Crippen LogP contribution < -0.4 is 23.8 Å². The van der Waals surface area contributed by atoms with E-state index < -0.39 is 22.5 Å². The summed E-state index contributed by atoms with van der Waals surface area (Å²) in [4.78, 5) is 13.3. The van der Waals surface area contributed by atoms with Crippen molar-refractivity contribution < 1.29 is 27.4 Å². The summed E-state index contributed by atoms with van der Waals surface area (Å²) in [6.45, 7) is 3.46. The molecule has 36 heavy (non-hydrogen) atoms. The summed E-state index contributed by atoms with van der Waals surface area (Å²) in [7, 11) is 0.457. The lowest BCUT2D eigenvalue weighted by Gasteiger charge is -2.27. The molecule has 1 amide bonds. The maximum atomic E-state index is 13.7. The van der Waals surface area contributed by atoms with E-state index in [1.165, 1.54) is 26.4 Å². The predicted molar refractivity (Wildman–Crippen MR) is 139 cm³/mol. The van der Waals surface area contributed by atoms with Crippen molar-refractivity contribution in [3.8, 4) is 17.2 Å². The maximum Gasteiger partial charge on any atom is 0.264 e. The summed E-state index contributed by atoms with van der Waals surface area (Å²) in [5, 5.41) is 2.98. The van der Waals surface area contributed by atoms with E-state index in [1.807, 2.05) is 32.0 Å². The minimum Gasteiger partial charge on any atom is -0.497 e. The summed E-state index contributed by atoms with van der Waals surface area (Å²) >= 11 is 0. The third kappa shape index (κ3) is 5.91. The number of hydrogen-bond acceptors (Lipinski definition) is 6. The third-order valence-electron chi connectivity index (χ3n) is 5.85. The summed E-state index contributed by atoms with van der Waals surface area (Å²) in [6.07, 6.45) is 0.622. The Labute approximate surface area is 212 Å². The zero-order chi connectivity index (χ0) is 26.3. The number of anilines is 1. The molecule has 0 aliphatic rings. The molecule has 0 aliphatic heterocycles. The molecule has 0 saturated heterocycles.